The minimum Gasteiger partial charge on any atom is -0.335 e. The molecule has 3 aromatic carbocycles. The van der Waals surface area contributed by atoms with Crippen molar-refractivity contribution in [3.05, 3.63) is 64.2 Å². The number of fused-ring (bicyclic) bond motifs is 10. The number of hydrogen-bond acceptors (Lipinski definition) is 2. The van der Waals surface area contributed by atoms with Crippen LogP contribution in [0.5, 0.6) is 0 Å². The summed E-state index contributed by atoms with van der Waals surface area (Å²) in [5, 5.41) is 0. The molecule has 50 heavy (non-hydrogen) atoms. The second-order valence-corrected chi connectivity index (χ2v) is 19.8. The van der Waals surface area contributed by atoms with Crippen LogP contribution in [0.25, 0.3) is 0 Å². The van der Waals surface area contributed by atoms with E-state index in [0.29, 0.717) is 0 Å². The minimum absolute atomic E-state index is 0.0806. The van der Waals surface area contributed by atoms with Gasteiger partial charge in [0.2, 0.25) is 0 Å². The van der Waals surface area contributed by atoms with Crippen molar-refractivity contribution in [1.82, 2.24) is 0 Å². The van der Waals surface area contributed by atoms with Crippen molar-refractivity contribution in [3.8, 4) is 0 Å². The summed E-state index contributed by atoms with van der Waals surface area (Å²) in [6.07, 6.45) is 15.4. The Hall–Kier alpha value is -2.68. The summed E-state index contributed by atoms with van der Waals surface area (Å²) >= 11 is 0. The molecule has 3 heteroatoms. The van der Waals surface area contributed by atoms with Crippen molar-refractivity contribution < 1.29 is 0 Å². The van der Waals surface area contributed by atoms with Gasteiger partial charge in [-0.1, -0.05) is 119 Å². The third-order valence-electron chi connectivity index (χ3n) is 16.1. The fourth-order valence-corrected chi connectivity index (χ4v) is 13.7. The molecule has 4 unspecified atom stereocenters. The van der Waals surface area contributed by atoms with Gasteiger partial charge in [-0.3, -0.25) is 0 Å². The van der Waals surface area contributed by atoms with Crippen LogP contribution >= 0.6 is 0 Å². The molecule has 264 valence electrons. The molecule has 4 aliphatic heterocycles. The van der Waals surface area contributed by atoms with Gasteiger partial charge in [-0.05, 0) is 125 Å². The fraction of sp³-hybridized carbons (Fsp3) is 0.617. The Kier molecular flexibility index (Phi) is 6.81. The van der Waals surface area contributed by atoms with Crippen molar-refractivity contribution in [1.29, 1.82) is 0 Å². The first-order chi connectivity index (χ1) is 23.7. The summed E-state index contributed by atoms with van der Waals surface area (Å²) in [7, 11) is 0. The van der Waals surface area contributed by atoms with Gasteiger partial charge >= 0.3 is 0 Å². The normalized spacial score (nSPS) is 30.2. The summed E-state index contributed by atoms with van der Waals surface area (Å²) in [6, 6.07) is 16.1. The largest absolute Gasteiger partial charge is 0.335 e. The summed E-state index contributed by atoms with van der Waals surface area (Å²) in [4.78, 5) is 6.05. The molecular weight excluding hydrogens is 603 g/mol. The lowest BCUT2D eigenvalue weighted by molar-refractivity contribution is 0.147. The Morgan fingerprint density at radius 1 is 0.560 bits per heavy atom. The molecular formula is C47H63BN2. The highest BCUT2D eigenvalue weighted by atomic mass is 15.3. The molecule has 0 saturated heterocycles. The minimum atomic E-state index is 0.0806. The van der Waals surface area contributed by atoms with Gasteiger partial charge in [0.1, 0.15) is 0 Å². The fourth-order valence-electron chi connectivity index (χ4n) is 13.7. The Labute approximate surface area is 304 Å². The molecule has 4 atom stereocenters. The van der Waals surface area contributed by atoms with Gasteiger partial charge in [-0.25, -0.2) is 0 Å². The summed E-state index contributed by atoms with van der Waals surface area (Å²) in [6.45, 7) is 27.5. The zero-order chi connectivity index (χ0) is 35.4. The number of nitrogens with zero attached hydrogens (tertiary/aromatic N) is 2. The van der Waals surface area contributed by atoms with Gasteiger partial charge in [0, 0.05) is 33.6 Å². The standard InChI is InChI=1S/C47H63BN2/c1-12-44-20-16-18-22-46(44,14-3)49-37-24-30(5)25-38-39(37)48(35-28-31(42(6,7)8)26-33(44)40(35)49)36-29-32(43(9,10)11)27-34-41(36)50(38)47(15-4)23-19-17-21-45(34,47)13-2/h24-29H,12-23H2,1-11H3. The predicted octanol–water partition coefficient (Wildman–Crippen LogP) is 10.8. The van der Waals surface area contributed by atoms with Crippen LogP contribution in [0, 0.1) is 6.92 Å². The monoisotopic (exact) mass is 667 g/mol. The molecule has 0 amide bonds. The first-order valence-electron chi connectivity index (χ1n) is 20.8. The number of rotatable bonds is 4. The van der Waals surface area contributed by atoms with E-state index in [1.54, 1.807) is 50.3 Å². The summed E-state index contributed by atoms with van der Waals surface area (Å²) in [5.74, 6) is 0. The van der Waals surface area contributed by atoms with Crippen molar-refractivity contribution in [2.24, 2.45) is 0 Å². The van der Waals surface area contributed by atoms with Crippen molar-refractivity contribution >= 4 is 45.9 Å². The van der Waals surface area contributed by atoms with E-state index in [1.807, 2.05) is 0 Å². The second kappa shape index (κ2) is 10.3. The first kappa shape index (κ1) is 33.2. The van der Waals surface area contributed by atoms with Crippen molar-refractivity contribution in [2.45, 2.75) is 186 Å². The number of aryl methyl sites for hydroxylation is 1. The van der Waals surface area contributed by atoms with E-state index >= 15 is 0 Å². The van der Waals surface area contributed by atoms with Crippen molar-refractivity contribution in [3.63, 3.8) is 0 Å². The predicted molar refractivity (Wildman–Crippen MR) is 217 cm³/mol. The van der Waals surface area contributed by atoms with Crippen molar-refractivity contribution in [2.75, 3.05) is 9.80 Å². The molecule has 2 fully saturated rings. The molecule has 2 saturated carbocycles. The van der Waals surface area contributed by atoms with Gasteiger partial charge < -0.3 is 9.80 Å². The molecule has 0 N–H and O–H groups in total. The highest BCUT2D eigenvalue weighted by Crippen LogP contribution is 2.67. The van der Waals surface area contributed by atoms with Gasteiger partial charge in [0.25, 0.3) is 6.71 Å². The van der Waals surface area contributed by atoms with Crippen LogP contribution in [0.4, 0.5) is 22.7 Å². The first-order valence-corrected chi connectivity index (χ1v) is 20.8. The van der Waals surface area contributed by atoms with Crippen LogP contribution in [0.1, 0.15) is 174 Å². The SMILES string of the molecule is CCC12CCCCC1(CC)N1c3cc(C)cc4c3B(c3cc(C(C)(C)C)cc2c31)c1cc(C(C)(C)C)cc2c1N4C1(CC)CCCCC21CC. The third kappa shape index (κ3) is 3.60. The molecule has 3 aromatic rings. The van der Waals surface area contributed by atoms with E-state index in [-0.39, 0.29) is 39.5 Å². The Morgan fingerprint density at radius 3 is 1.32 bits per heavy atom. The second-order valence-electron chi connectivity index (χ2n) is 19.8. The van der Waals surface area contributed by atoms with Gasteiger partial charge in [0.15, 0.2) is 0 Å². The van der Waals surface area contributed by atoms with Crippen LogP contribution < -0.4 is 26.2 Å². The molecule has 0 aromatic heterocycles. The highest BCUT2D eigenvalue weighted by molar-refractivity contribution is 7.00. The van der Waals surface area contributed by atoms with E-state index in [1.165, 1.54) is 93.7 Å². The molecule has 0 radical (unpaired) electrons. The van der Waals surface area contributed by atoms with E-state index in [9.17, 15) is 0 Å². The molecule has 4 heterocycles. The molecule has 0 bridgehead atoms. The highest BCUT2D eigenvalue weighted by Gasteiger charge is 2.67. The van der Waals surface area contributed by atoms with Crippen LogP contribution in [0.15, 0.2) is 36.4 Å². The maximum absolute atomic E-state index is 3.03. The quantitative estimate of drug-likeness (QED) is 0.256. The maximum atomic E-state index is 3.03. The number of benzene rings is 3. The summed E-state index contributed by atoms with van der Waals surface area (Å²) in [5.41, 5.74) is 19.8. The Morgan fingerprint density at radius 2 is 0.960 bits per heavy atom. The van der Waals surface area contributed by atoms with E-state index in [4.69, 9.17) is 0 Å². The number of anilines is 4. The average molecular weight is 667 g/mol. The Bertz CT molecular complexity index is 1810. The van der Waals surface area contributed by atoms with Crippen LogP contribution in [-0.4, -0.2) is 17.8 Å². The van der Waals surface area contributed by atoms with Gasteiger partial charge in [-0.15, -0.1) is 0 Å². The smallest absolute Gasteiger partial charge is 0.252 e. The summed E-state index contributed by atoms with van der Waals surface area (Å²) < 4.78 is 0. The zero-order valence-corrected chi connectivity index (χ0v) is 33.4. The Balaban J connectivity index is 1.48. The van der Waals surface area contributed by atoms with Gasteiger partial charge in [0.05, 0.1) is 11.1 Å². The topological polar surface area (TPSA) is 6.48 Å². The average Bonchev–Trinajstić information content (AvgIpc) is 3.51. The molecule has 6 aliphatic rings. The van der Waals surface area contributed by atoms with Crippen LogP contribution in [0.2, 0.25) is 0 Å². The van der Waals surface area contributed by atoms with Crippen LogP contribution in [0.3, 0.4) is 0 Å². The number of hydrogen-bond donors (Lipinski definition) is 0. The molecule has 2 nitrogen and oxygen atoms in total. The lowest BCUT2D eigenvalue weighted by atomic mass is 9.33. The van der Waals surface area contributed by atoms with Gasteiger partial charge in [-0.2, -0.15) is 0 Å². The lowest BCUT2D eigenvalue weighted by Crippen LogP contribution is -2.67. The molecule has 0 spiro atoms. The molecule has 2 aliphatic carbocycles. The lowest BCUT2D eigenvalue weighted by Gasteiger charge is -2.57. The third-order valence-corrected chi connectivity index (χ3v) is 16.1. The maximum Gasteiger partial charge on any atom is 0.252 e. The molecule has 9 rings (SSSR count). The van der Waals surface area contributed by atoms with E-state index in [2.05, 4.69) is 122 Å². The zero-order valence-electron chi connectivity index (χ0n) is 33.4. The van der Waals surface area contributed by atoms with Crippen LogP contribution in [-0.2, 0) is 21.7 Å². The van der Waals surface area contributed by atoms with E-state index in [0.717, 1.165) is 0 Å². The van der Waals surface area contributed by atoms with E-state index < -0.39 is 0 Å².